The van der Waals surface area contributed by atoms with Gasteiger partial charge in [-0.05, 0) is 34.7 Å². The van der Waals surface area contributed by atoms with Gasteiger partial charge in [-0.25, -0.2) is 4.98 Å². The van der Waals surface area contributed by atoms with Crippen molar-refractivity contribution in [2.24, 2.45) is 0 Å². The summed E-state index contributed by atoms with van der Waals surface area (Å²) in [5, 5.41) is 3.06. The van der Waals surface area contributed by atoms with Crippen molar-refractivity contribution in [1.82, 2.24) is 9.97 Å². The Labute approximate surface area is 123 Å². The molecule has 6 nitrogen and oxygen atoms in total. The van der Waals surface area contributed by atoms with E-state index in [4.69, 9.17) is 9.47 Å². The zero-order valence-corrected chi connectivity index (χ0v) is 12.5. The van der Waals surface area contributed by atoms with E-state index in [0.29, 0.717) is 20.9 Å². The number of aromatic amines is 1. The minimum Gasteiger partial charge on any atom is -0.493 e. The minimum absolute atomic E-state index is 0.182. The number of anilines is 2. The summed E-state index contributed by atoms with van der Waals surface area (Å²) in [5.74, 6) is 1.74. The standard InChI is InChI=1S/C12H12IN3O3/c1-18-8-4-3-7(5-9(8)19-2)16-11-10(13)12(17)15-6-14-11/h3-6H,1-2H3,(H2,14,15,16,17). The zero-order chi connectivity index (χ0) is 13.8. The van der Waals surface area contributed by atoms with Crippen molar-refractivity contribution in [3.05, 3.63) is 38.5 Å². The summed E-state index contributed by atoms with van der Waals surface area (Å²) in [6.45, 7) is 0. The van der Waals surface area contributed by atoms with E-state index in [1.54, 1.807) is 26.4 Å². The Morgan fingerprint density at radius 3 is 2.68 bits per heavy atom. The first kappa shape index (κ1) is 13.7. The number of rotatable bonds is 4. The van der Waals surface area contributed by atoms with Crippen LogP contribution >= 0.6 is 22.6 Å². The lowest BCUT2D eigenvalue weighted by Gasteiger charge is -2.11. The summed E-state index contributed by atoms with van der Waals surface area (Å²) in [5.41, 5.74) is 0.576. The molecule has 0 aliphatic carbocycles. The Morgan fingerprint density at radius 1 is 1.26 bits per heavy atom. The Balaban J connectivity index is 2.33. The molecule has 2 N–H and O–H groups in total. The highest BCUT2D eigenvalue weighted by molar-refractivity contribution is 14.1. The van der Waals surface area contributed by atoms with Gasteiger partial charge >= 0.3 is 0 Å². The van der Waals surface area contributed by atoms with Crippen LogP contribution < -0.4 is 20.3 Å². The van der Waals surface area contributed by atoms with Gasteiger partial charge in [0.2, 0.25) is 0 Å². The molecule has 0 aliphatic rings. The molecule has 0 fully saturated rings. The molecule has 0 spiro atoms. The molecule has 1 heterocycles. The Hall–Kier alpha value is -1.77. The normalized spacial score (nSPS) is 10.1. The maximum atomic E-state index is 11.5. The van der Waals surface area contributed by atoms with Gasteiger partial charge in [0.15, 0.2) is 17.3 Å². The van der Waals surface area contributed by atoms with Gasteiger partial charge in [-0.3, -0.25) is 4.79 Å². The largest absolute Gasteiger partial charge is 0.493 e. The quantitative estimate of drug-likeness (QED) is 0.804. The average molecular weight is 373 g/mol. The molecule has 1 aromatic heterocycles. The Bertz CT molecular complexity index is 642. The molecule has 100 valence electrons. The molecular weight excluding hydrogens is 361 g/mol. The van der Waals surface area contributed by atoms with Gasteiger partial charge in [0.25, 0.3) is 5.56 Å². The molecule has 1 aromatic carbocycles. The van der Waals surface area contributed by atoms with E-state index in [2.05, 4.69) is 15.3 Å². The molecule has 19 heavy (non-hydrogen) atoms. The third kappa shape index (κ3) is 2.98. The fourth-order valence-corrected chi connectivity index (χ4v) is 1.95. The minimum atomic E-state index is -0.182. The second-order valence-corrected chi connectivity index (χ2v) is 4.67. The number of hydrogen-bond donors (Lipinski definition) is 2. The summed E-state index contributed by atoms with van der Waals surface area (Å²) < 4.78 is 10.9. The van der Waals surface area contributed by atoms with Crippen LogP contribution in [0.1, 0.15) is 0 Å². The average Bonchev–Trinajstić information content (AvgIpc) is 2.43. The van der Waals surface area contributed by atoms with Gasteiger partial charge in [0, 0.05) is 11.8 Å². The molecule has 0 aliphatic heterocycles. The van der Waals surface area contributed by atoms with E-state index < -0.39 is 0 Å². The van der Waals surface area contributed by atoms with Gasteiger partial charge in [-0.15, -0.1) is 0 Å². The van der Waals surface area contributed by atoms with Crippen LogP contribution in [0.3, 0.4) is 0 Å². The highest BCUT2D eigenvalue weighted by Crippen LogP contribution is 2.31. The topological polar surface area (TPSA) is 76.2 Å². The van der Waals surface area contributed by atoms with Gasteiger partial charge in [-0.1, -0.05) is 0 Å². The summed E-state index contributed by atoms with van der Waals surface area (Å²) >= 11 is 1.94. The van der Waals surface area contributed by atoms with Crippen LogP contribution in [0.2, 0.25) is 0 Å². The van der Waals surface area contributed by atoms with Crippen LogP contribution in [0.25, 0.3) is 0 Å². The molecular formula is C12H12IN3O3. The molecule has 0 bridgehead atoms. The number of nitrogens with one attached hydrogen (secondary N) is 2. The van der Waals surface area contributed by atoms with Crippen LogP contribution in [0, 0.1) is 3.57 Å². The van der Waals surface area contributed by atoms with Gasteiger partial charge < -0.3 is 19.8 Å². The number of hydrogen-bond acceptors (Lipinski definition) is 5. The number of H-pyrrole nitrogens is 1. The lowest BCUT2D eigenvalue weighted by Crippen LogP contribution is -2.12. The SMILES string of the molecule is COc1ccc(Nc2nc[nH]c(=O)c2I)cc1OC. The highest BCUT2D eigenvalue weighted by Gasteiger charge is 2.08. The third-order valence-electron chi connectivity index (χ3n) is 2.44. The van der Waals surface area contributed by atoms with Crippen LogP contribution in [0.15, 0.2) is 29.3 Å². The van der Waals surface area contributed by atoms with Crippen molar-refractivity contribution in [2.75, 3.05) is 19.5 Å². The van der Waals surface area contributed by atoms with Gasteiger partial charge in [0.1, 0.15) is 3.57 Å². The molecule has 7 heteroatoms. The van der Waals surface area contributed by atoms with Crippen LogP contribution in [-0.2, 0) is 0 Å². The third-order valence-corrected chi connectivity index (χ3v) is 3.44. The van der Waals surface area contributed by atoms with Crippen LogP contribution in [0.4, 0.5) is 11.5 Å². The molecule has 0 amide bonds. The highest BCUT2D eigenvalue weighted by atomic mass is 127. The molecule has 0 atom stereocenters. The Morgan fingerprint density at radius 2 is 2.00 bits per heavy atom. The van der Waals surface area contributed by atoms with Crippen molar-refractivity contribution < 1.29 is 9.47 Å². The van der Waals surface area contributed by atoms with E-state index in [9.17, 15) is 4.79 Å². The van der Waals surface area contributed by atoms with Crippen molar-refractivity contribution >= 4 is 34.1 Å². The van der Waals surface area contributed by atoms with Crippen LogP contribution in [0.5, 0.6) is 11.5 Å². The van der Waals surface area contributed by atoms with Crippen molar-refractivity contribution in [3.8, 4) is 11.5 Å². The first-order valence-corrected chi connectivity index (χ1v) is 6.46. The molecule has 0 radical (unpaired) electrons. The second kappa shape index (κ2) is 5.91. The van der Waals surface area contributed by atoms with E-state index in [-0.39, 0.29) is 5.56 Å². The summed E-state index contributed by atoms with van der Waals surface area (Å²) in [4.78, 5) is 18.1. The molecule has 2 rings (SSSR count). The van der Waals surface area contributed by atoms with E-state index in [1.807, 2.05) is 28.7 Å². The number of methoxy groups -OCH3 is 2. The van der Waals surface area contributed by atoms with Crippen molar-refractivity contribution in [1.29, 1.82) is 0 Å². The number of aromatic nitrogens is 2. The first-order valence-electron chi connectivity index (χ1n) is 5.38. The predicted molar refractivity (Wildman–Crippen MR) is 80.4 cm³/mol. The first-order chi connectivity index (χ1) is 9.15. The molecule has 2 aromatic rings. The smallest absolute Gasteiger partial charge is 0.266 e. The maximum Gasteiger partial charge on any atom is 0.266 e. The molecule has 0 saturated carbocycles. The van der Waals surface area contributed by atoms with E-state index in [0.717, 1.165) is 5.69 Å². The van der Waals surface area contributed by atoms with Crippen LogP contribution in [-0.4, -0.2) is 24.2 Å². The summed E-state index contributed by atoms with van der Waals surface area (Å²) in [7, 11) is 3.14. The fourth-order valence-electron chi connectivity index (χ4n) is 1.52. The molecule has 0 saturated heterocycles. The summed E-state index contributed by atoms with van der Waals surface area (Å²) in [6.07, 6.45) is 1.35. The van der Waals surface area contributed by atoms with Crippen molar-refractivity contribution in [2.45, 2.75) is 0 Å². The summed E-state index contributed by atoms with van der Waals surface area (Å²) in [6, 6.07) is 5.37. The maximum absolute atomic E-state index is 11.5. The van der Waals surface area contributed by atoms with E-state index >= 15 is 0 Å². The molecule has 0 unspecified atom stereocenters. The lowest BCUT2D eigenvalue weighted by molar-refractivity contribution is 0.355. The zero-order valence-electron chi connectivity index (χ0n) is 10.4. The number of ether oxygens (including phenoxy) is 2. The van der Waals surface area contributed by atoms with Crippen molar-refractivity contribution in [3.63, 3.8) is 0 Å². The number of nitrogens with zero attached hydrogens (tertiary/aromatic N) is 1. The number of benzene rings is 1. The Kier molecular flexibility index (Phi) is 4.25. The van der Waals surface area contributed by atoms with Gasteiger partial charge in [-0.2, -0.15) is 0 Å². The second-order valence-electron chi connectivity index (χ2n) is 3.59. The predicted octanol–water partition coefficient (Wildman–Crippen LogP) is 2.14. The number of halogens is 1. The monoisotopic (exact) mass is 373 g/mol. The van der Waals surface area contributed by atoms with Gasteiger partial charge in [0.05, 0.1) is 20.5 Å². The fraction of sp³-hybridized carbons (Fsp3) is 0.167. The van der Waals surface area contributed by atoms with E-state index in [1.165, 1.54) is 6.33 Å². The lowest BCUT2D eigenvalue weighted by atomic mass is 10.2.